The summed E-state index contributed by atoms with van der Waals surface area (Å²) in [6.07, 6.45) is 6.68. The highest BCUT2D eigenvalue weighted by Gasteiger charge is 2.30. The average molecular weight is 239 g/mol. The molecule has 0 heterocycles. The second kappa shape index (κ2) is 5.99. The van der Waals surface area contributed by atoms with Gasteiger partial charge in [0.1, 0.15) is 5.78 Å². The van der Waals surface area contributed by atoms with E-state index in [0.29, 0.717) is 11.8 Å². The van der Waals surface area contributed by atoms with E-state index in [-0.39, 0.29) is 5.41 Å². The third-order valence-corrected chi connectivity index (χ3v) is 4.61. The Kier molecular flexibility index (Phi) is 5.18. The molecule has 0 N–H and O–H groups in total. The third-order valence-electron chi connectivity index (χ3n) is 4.61. The van der Waals surface area contributed by atoms with Gasteiger partial charge in [-0.05, 0) is 45.6 Å². The van der Waals surface area contributed by atoms with E-state index >= 15 is 0 Å². The molecule has 1 aliphatic carbocycles. The summed E-state index contributed by atoms with van der Waals surface area (Å²) in [5.41, 5.74) is -0.198. The lowest BCUT2D eigenvalue weighted by Gasteiger charge is -2.37. The first-order chi connectivity index (χ1) is 7.86. The van der Waals surface area contributed by atoms with Crippen molar-refractivity contribution < 1.29 is 4.79 Å². The van der Waals surface area contributed by atoms with E-state index in [9.17, 15) is 4.79 Å². The van der Waals surface area contributed by atoms with Gasteiger partial charge in [0.15, 0.2) is 0 Å². The largest absolute Gasteiger partial charge is 0.302 e. The van der Waals surface area contributed by atoms with Crippen LogP contribution in [0.2, 0.25) is 0 Å². The number of nitrogens with zero attached hydrogens (tertiary/aromatic N) is 1. The van der Waals surface area contributed by atoms with E-state index in [1.54, 1.807) is 6.92 Å². The normalized spacial score (nSPS) is 26.2. The van der Waals surface area contributed by atoms with E-state index in [4.69, 9.17) is 0 Å². The molecule has 0 radical (unpaired) electrons. The first-order valence-corrected chi connectivity index (χ1v) is 7.08. The Hall–Kier alpha value is -0.370. The number of hydrogen-bond acceptors (Lipinski definition) is 2. The maximum absolute atomic E-state index is 11.6. The highest BCUT2D eigenvalue weighted by Crippen LogP contribution is 2.30. The van der Waals surface area contributed by atoms with Crippen LogP contribution in [0.25, 0.3) is 0 Å². The summed E-state index contributed by atoms with van der Waals surface area (Å²) in [6, 6.07) is 0.691. The van der Waals surface area contributed by atoms with Crippen LogP contribution in [0.15, 0.2) is 0 Å². The molecule has 2 heteroatoms. The molecule has 0 aromatic heterocycles. The number of carbonyl (C=O) groups is 1. The van der Waals surface area contributed by atoms with Crippen molar-refractivity contribution in [2.45, 2.75) is 65.8 Å². The number of rotatable bonds is 5. The Bertz CT molecular complexity index is 252. The third kappa shape index (κ3) is 4.09. The Morgan fingerprint density at radius 3 is 2.18 bits per heavy atom. The Morgan fingerprint density at radius 1 is 1.24 bits per heavy atom. The van der Waals surface area contributed by atoms with Gasteiger partial charge in [0.25, 0.3) is 0 Å². The van der Waals surface area contributed by atoms with Crippen molar-refractivity contribution in [1.82, 2.24) is 4.90 Å². The van der Waals surface area contributed by atoms with Gasteiger partial charge in [-0.15, -0.1) is 0 Å². The maximum atomic E-state index is 11.6. The minimum Gasteiger partial charge on any atom is -0.302 e. The Morgan fingerprint density at radius 2 is 1.76 bits per heavy atom. The lowest BCUT2D eigenvalue weighted by atomic mass is 9.82. The van der Waals surface area contributed by atoms with Crippen LogP contribution in [0.1, 0.15) is 59.8 Å². The molecule has 2 nitrogen and oxygen atoms in total. The average Bonchev–Trinajstić information content (AvgIpc) is 2.28. The monoisotopic (exact) mass is 239 g/mol. The Labute approximate surface area is 107 Å². The first-order valence-electron chi connectivity index (χ1n) is 7.08. The molecule has 1 saturated carbocycles. The van der Waals surface area contributed by atoms with Crippen molar-refractivity contribution in [1.29, 1.82) is 0 Å². The van der Waals surface area contributed by atoms with Crippen LogP contribution in [0.3, 0.4) is 0 Å². The van der Waals surface area contributed by atoms with Gasteiger partial charge in [-0.25, -0.2) is 0 Å². The van der Waals surface area contributed by atoms with Gasteiger partial charge in [0.2, 0.25) is 0 Å². The van der Waals surface area contributed by atoms with Gasteiger partial charge < -0.3 is 4.90 Å². The van der Waals surface area contributed by atoms with E-state index in [1.165, 1.54) is 32.1 Å². The molecule has 0 aliphatic heterocycles. The fourth-order valence-corrected chi connectivity index (χ4v) is 2.86. The highest BCUT2D eigenvalue weighted by atomic mass is 16.1. The predicted octanol–water partition coefficient (Wildman–Crippen LogP) is 3.50. The lowest BCUT2D eigenvalue weighted by molar-refractivity contribution is -0.126. The lowest BCUT2D eigenvalue weighted by Crippen LogP contribution is -2.43. The predicted molar refractivity (Wildman–Crippen MR) is 73.1 cm³/mol. The second-order valence-electron chi connectivity index (χ2n) is 6.44. The van der Waals surface area contributed by atoms with Crippen LogP contribution >= 0.6 is 0 Å². The minimum atomic E-state index is -0.198. The van der Waals surface area contributed by atoms with Crippen LogP contribution in [-0.2, 0) is 4.79 Å². The summed E-state index contributed by atoms with van der Waals surface area (Å²) < 4.78 is 0. The van der Waals surface area contributed by atoms with Crippen LogP contribution in [-0.4, -0.2) is 30.3 Å². The molecular formula is C15H29NO. The van der Waals surface area contributed by atoms with Crippen molar-refractivity contribution in [3.63, 3.8) is 0 Å². The number of hydrogen-bond donors (Lipinski definition) is 0. The zero-order valence-electron chi connectivity index (χ0n) is 12.3. The fraction of sp³-hybridized carbons (Fsp3) is 0.933. The van der Waals surface area contributed by atoms with E-state index in [0.717, 1.165) is 12.5 Å². The van der Waals surface area contributed by atoms with E-state index < -0.39 is 0 Å². The molecule has 0 unspecified atom stereocenters. The van der Waals surface area contributed by atoms with Crippen LogP contribution < -0.4 is 0 Å². The standard InChI is InChI=1S/C15H29NO/c1-6-13-7-9-14(10-8-13)16(5)11-15(3,4)12(2)17/h13-14H,6-11H2,1-5H3. The molecule has 100 valence electrons. The maximum Gasteiger partial charge on any atom is 0.136 e. The molecule has 0 amide bonds. The summed E-state index contributed by atoms with van der Waals surface area (Å²) in [6.45, 7) is 9.02. The van der Waals surface area contributed by atoms with Gasteiger partial charge in [-0.2, -0.15) is 0 Å². The van der Waals surface area contributed by atoms with Gasteiger partial charge >= 0.3 is 0 Å². The molecular weight excluding hydrogens is 210 g/mol. The Balaban J connectivity index is 2.44. The smallest absolute Gasteiger partial charge is 0.136 e. The van der Waals surface area contributed by atoms with E-state index in [1.807, 2.05) is 0 Å². The zero-order valence-corrected chi connectivity index (χ0v) is 12.3. The minimum absolute atomic E-state index is 0.198. The summed E-state index contributed by atoms with van der Waals surface area (Å²) in [4.78, 5) is 14.0. The fourth-order valence-electron chi connectivity index (χ4n) is 2.86. The van der Waals surface area contributed by atoms with Crippen molar-refractivity contribution in [3.05, 3.63) is 0 Å². The van der Waals surface area contributed by atoms with Gasteiger partial charge in [0, 0.05) is 18.0 Å². The molecule has 17 heavy (non-hydrogen) atoms. The van der Waals surface area contributed by atoms with Gasteiger partial charge in [-0.3, -0.25) is 4.79 Å². The van der Waals surface area contributed by atoms with Crippen molar-refractivity contribution in [2.75, 3.05) is 13.6 Å². The summed E-state index contributed by atoms with van der Waals surface area (Å²) in [7, 11) is 2.18. The second-order valence-corrected chi connectivity index (χ2v) is 6.44. The van der Waals surface area contributed by atoms with Crippen LogP contribution in [0.5, 0.6) is 0 Å². The molecule has 0 saturated heterocycles. The topological polar surface area (TPSA) is 20.3 Å². The summed E-state index contributed by atoms with van der Waals surface area (Å²) in [5, 5.41) is 0. The molecule has 0 aromatic carbocycles. The van der Waals surface area contributed by atoms with Gasteiger partial charge in [0.05, 0.1) is 0 Å². The van der Waals surface area contributed by atoms with Crippen molar-refractivity contribution in [3.8, 4) is 0 Å². The SMILES string of the molecule is CCC1CCC(N(C)CC(C)(C)C(C)=O)CC1. The molecule has 0 spiro atoms. The van der Waals surface area contributed by atoms with E-state index in [2.05, 4.69) is 32.7 Å². The van der Waals surface area contributed by atoms with Crippen molar-refractivity contribution in [2.24, 2.45) is 11.3 Å². The first kappa shape index (κ1) is 14.7. The molecule has 0 aromatic rings. The zero-order chi connectivity index (χ0) is 13.1. The van der Waals surface area contributed by atoms with Crippen molar-refractivity contribution >= 4 is 5.78 Å². The number of ketones is 1. The number of carbonyl (C=O) groups excluding carboxylic acids is 1. The molecule has 0 atom stereocenters. The highest BCUT2D eigenvalue weighted by molar-refractivity contribution is 5.81. The van der Waals surface area contributed by atoms with Crippen LogP contribution in [0, 0.1) is 11.3 Å². The molecule has 0 bridgehead atoms. The van der Waals surface area contributed by atoms with Crippen LogP contribution in [0.4, 0.5) is 0 Å². The molecule has 1 aliphatic rings. The number of Topliss-reactive ketones (excluding diaryl/α,β-unsaturated/α-hetero) is 1. The molecule has 1 fully saturated rings. The molecule has 1 rings (SSSR count). The summed E-state index contributed by atoms with van der Waals surface area (Å²) >= 11 is 0. The summed E-state index contributed by atoms with van der Waals surface area (Å²) in [5.74, 6) is 1.24. The quantitative estimate of drug-likeness (QED) is 0.732. The van der Waals surface area contributed by atoms with Gasteiger partial charge in [-0.1, -0.05) is 27.2 Å².